The number of aliphatic hydroxyl groups is 1. The van der Waals surface area contributed by atoms with Crippen molar-refractivity contribution in [1.29, 1.82) is 0 Å². The number of hydrogen-bond donors (Lipinski definition) is 3. The minimum Gasteiger partial charge on any atom is -0.493 e. The summed E-state index contributed by atoms with van der Waals surface area (Å²) in [6.07, 6.45) is 0.0463. The fourth-order valence-corrected chi connectivity index (χ4v) is 1.43. The van der Waals surface area contributed by atoms with Crippen molar-refractivity contribution in [3.05, 3.63) is 30.3 Å². The highest BCUT2D eigenvalue weighted by atomic mass is 16.5. The van der Waals surface area contributed by atoms with Gasteiger partial charge in [-0.15, -0.1) is 0 Å². The van der Waals surface area contributed by atoms with Gasteiger partial charge in [0.05, 0.1) is 13.0 Å². The summed E-state index contributed by atoms with van der Waals surface area (Å²) in [7, 11) is 0. The van der Waals surface area contributed by atoms with Crippen molar-refractivity contribution in [1.82, 2.24) is 5.32 Å². The molecule has 1 aromatic rings. The number of rotatable bonds is 8. The third-order valence-corrected chi connectivity index (χ3v) is 2.39. The van der Waals surface area contributed by atoms with Crippen LogP contribution in [0.1, 0.15) is 12.8 Å². The zero-order chi connectivity index (χ0) is 14.1. The van der Waals surface area contributed by atoms with E-state index in [4.69, 9.17) is 14.9 Å². The van der Waals surface area contributed by atoms with Gasteiger partial charge in [-0.25, -0.2) is 4.79 Å². The molecule has 0 radical (unpaired) electrons. The number of carboxylic acid groups (broad SMARTS) is 1. The highest BCUT2D eigenvalue weighted by Crippen LogP contribution is 2.08. The van der Waals surface area contributed by atoms with Gasteiger partial charge in [0.25, 0.3) is 0 Å². The lowest BCUT2D eigenvalue weighted by atomic mass is 10.2. The molecule has 1 amide bonds. The van der Waals surface area contributed by atoms with Gasteiger partial charge in [-0.3, -0.25) is 4.79 Å². The molecule has 0 saturated carbocycles. The number of aliphatic hydroxyl groups excluding tert-OH is 1. The molecular formula is C13H17NO5. The van der Waals surface area contributed by atoms with E-state index in [0.717, 1.165) is 0 Å². The molecule has 0 aliphatic rings. The van der Waals surface area contributed by atoms with E-state index in [1.54, 1.807) is 12.1 Å². The Morgan fingerprint density at radius 1 is 1.26 bits per heavy atom. The molecule has 19 heavy (non-hydrogen) atoms. The van der Waals surface area contributed by atoms with Gasteiger partial charge in [0.1, 0.15) is 11.8 Å². The van der Waals surface area contributed by atoms with E-state index in [1.165, 1.54) is 0 Å². The SMILES string of the molecule is O=C(CCOc1ccccc1)N[C@H](CCO)C(=O)O. The van der Waals surface area contributed by atoms with Crippen LogP contribution in [0.2, 0.25) is 0 Å². The van der Waals surface area contributed by atoms with E-state index in [-0.39, 0.29) is 26.1 Å². The largest absolute Gasteiger partial charge is 0.493 e. The van der Waals surface area contributed by atoms with Gasteiger partial charge in [-0.2, -0.15) is 0 Å². The highest BCUT2D eigenvalue weighted by Gasteiger charge is 2.18. The molecule has 6 heteroatoms. The minimum atomic E-state index is -1.16. The Labute approximate surface area is 111 Å². The van der Waals surface area contributed by atoms with Crippen molar-refractivity contribution in [2.75, 3.05) is 13.2 Å². The van der Waals surface area contributed by atoms with E-state index in [9.17, 15) is 9.59 Å². The first-order valence-corrected chi connectivity index (χ1v) is 5.94. The smallest absolute Gasteiger partial charge is 0.326 e. The third-order valence-electron chi connectivity index (χ3n) is 2.39. The van der Waals surface area contributed by atoms with Crippen LogP contribution in [0.15, 0.2) is 30.3 Å². The molecule has 0 unspecified atom stereocenters. The Morgan fingerprint density at radius 2 is 1.95 bits per heavy atom. The number of amides is 1. The van der Waals surface area contributed by atoms with Crippen molar-refractivity contribution >= 4 is 11.9 Å². The first-order chi connectivity index (χ1) is 9.13. The fraction of sp³-hybridized carbons (Fsp3) is 0.385. The molecule has 6 nitrogen and oxygen atoms in total. The molecule has 1 atom stereocenters. The monoisotopic (exact) mass is 267 g/mol. The van der Waals surface area contributed by atoms with Crippen LogP contribution in [0.4, 0.5) is 0 Å². The van der Waals surface area contributed by atoms with Gasteiger partial charge in [0, 0.05) is 13.0 Å². The van der Waals surface area contributed by atoms with Crippen LogP contribution >= 0.6 is 0 Å². The Hall–Kier alpha value is -2.08. The van der Waals surface area contributed by atoms with Crippen LogP contribution in [0.5, 0.6) is 5.75 Å². The summed E-state index contributed by atoms with van der Waals surface area (Å²) in [5.74, 6) is -0.927. The number of carbonyl (C=O) groups is 2. The van der Waals surface area contributed by atoms with Crippen LogP contribution in [-0.4, -0.2) is 41.3 Å². The van der Waals surface area contributed by atoms with Gasteiger partial charge in [-0.1, -0.05) is 18.2 Å². The molecule has 0 saturated heterocycles. The zero-order valence-corrected chi connectivity index (χ0v) is 10.4. The zero-order valence-electron chi connectivity index (χ0n) is 10.4. The molecule has 3 N–H and O–H groups in total. The van der Waals surface area contributed by atoms with Crippen molar-refractivity contribution in [2.24, 2.45) is 0 Å². The molecule has 0 spiro atoms. The predicted octanol–water partition coefficient (Wildman–Crippen LogP) is 0.407. The number of aliphatic carboxylic acids is 1. The molecule has 0 aliphatic carbocycles. The Bertz CT molecular complexity index is 407. The standard InChI is InChI=1S/C13H17NO5/c15-8-6-11(13(17)18)14-12(16)7-9-19-10-4-2-1-3-5-10/h1-5,11,15H,6-9H2,(H,14,16)(H,17,18)/t11-/m1/s1. The van der Waals surface area contributed by atoms with Gasteiger partial charge in [0.15, 0.2) is 0 Å². The molecule has 0 heterocycles. The van der Waals surface area contributed by atoms with Gasteiger partial charge in [-0.05, 0) is 12.1 Å². The summed E-state index contributed by atoms with van der Waals surface area (Å²) in [4.78, 5) is 22.2. The quantitative estimate of drug-likeness (QED) is 0.634. The lowest BCUT2D eigenvalue weighted by Gasteiger charge is -2.13. The molecule has 104 valence electrons. The number of hydrogen-bond acceptors (Lipinski definition) is 4. The molecular weight excluding hydrogens is 250 g/mol. The topological polar surface area (TPSA) is 95.9 Å². The molecule has 0 aromatic heterocycles. The molecule has 1 rings (SSSR count). The number of carbonyl (C=O) groups excluding carboxylic acids is 1. The fourth-order valence-electron chi connectivity index (χ4n) is 1.43. The van der Waals surface area contributed by atoms with E-state index < -0.39 is 17.9 Å². The van der Waals surface area contributed by atoms with Crippen LogP contribution in [0.25, 0.3) is 0 Å². The average Bonchev–Trinajstić information content (AvgIpc) is 2.39. The number of para-hydroxylation sites is 1. The second kappa shape index (κ2) is 8.10. The lowest BCUT2D eigenvalue weighted by molar-refractivity contribution is -0.142. The van der Waals surface area contributed by atoms with Crippen LogP contribution in [0.3, 0.4) is 0 Å². The minimum absolute atomic E-state index is 0.0133. The number of ether oxygens (including phenoxy) is 1. The molecule has 0 aliphatic heterocycles. The van der Waals surface area contributed by atoms with Gasteiger partial charge in [0.2, 0.25) is 5.91 Å². The normalized spacial score (nSPS) is 11.6. The first-order valence-electron chi connectivity index (χ1n) is 5.94. The Kier molecular flexibility index (Phi) is 6.38. The van der Waals surface area contributed by atoms with E-state index >= 15 is 0 Å². The van der Waals surface area contributed by atoms with Crippen LogP contribution in [0, 0.1) is 0 Å². The number of benzene rings is 1. The molecule has 1 aromatic carbocycles. The summed E-state index contributed by atoms with van der Waals surface area (Å²) >= 11 is 0. The maximum Gasteiger partial charge on any atom is 0.326 e. The predicted molar refractivity (Wildman–Crippen MR) is 67.8 cm³/mol. The summed E-state index contributed by atoms with van der Waals surface area (Å²) in [6, 6.07) is 7.96. The third kappa shape index (κ3) is 5.87. The van der Waals surface area contributed by atoms with Gasteiger partial charge >= 0.3 is 5.97 Å². The van der Waals surface area contributed by atoms with E-state index in [0.29, 0.717) is 5.75 Å². The number of carboxylic acids is 1. The Balaban J connectivity index is 2.29. The van der Waals surface area contributed by atoms with Crippen LogP contribution in [-0.2, 0) is 9.59 Å². The summed E-state index contributed by atoms with van der Waals surface area (Å²) in [5, 5.41) is 19.8. The Morgan fingerprint density at radius 3 is 2.53 bits per heavy atom. The van der Waals surface area contributed by atoms with E-state index in [1.807, 2.05) is 18.2 Å². The van der Waals surface area contributed by atoms with Crippen molar-refractivity contribution < 1.29 is 24.5 Å². The van der Waals surface area contributed by atoms with Gasteiger partial charge < -0.3 is 20.3 Å². The maximum atomic E-state index is 11.5. The molecule has 0 fully saturated rings. The van der Waals surface area contributed by atoms with Crippen LogP contribution < -0.4 is 10.1 Å². The van der Waals surface area contributed by atoms with Crippen molar-refractivity contribution in [2.45, 2.75) is 18.9 Å². The summed E-state index contributed by atoms with van der Waals surface area (Å²) in [6.45, 7) is -0.126. The lowest BCUT2D eigenvalue weighted by Crippen LogP contribution is -2.41. The average molecular weight is 267 g/mol. The second-order valence-electron chi connectivity index (χ2n) is 3.88. The van der Waals surface area contributed by atoms with Crippen molar-refractivity contribution in [3.63, 3.8) is 0 Å². The first kappa shape index (κ1) is 15.0. The summed E-state index contributed by atoms with van der Waals surface area (Å²) < 4.78 is 5.32. The van der Waals surface area contributed by atoms with Crippen molar-refractivity contribution in [3.8, 4) is 5.75 Å². The number of nitrogens with one attached hydrogen (secondary N) is 1. The maximum absolute atomic E-state index is 11.5. The summed E-state index contributed by atoms with van der Waals surface area (Å²) in [5.41, 5.74) is 0. The second-order valence-corrected chi connectivity index (χ2v) is 3.88. The highest BCUT2D eigenvalue weighted by molar-refractivity contribution is 5.83. The van der Waals surface area contributed by atoms with E-state index in [2.05, 4.69) is 5.32 Å². The molecule has 0 bridgehead atoms.